The van der Waals surface area contributed by atoms with Crippen LogP contribution in [0.4, 0.5) is 0 Å². The fraction of sp³-hybridized carbons (Fsp3) is 0.438. The molecule has 0 saturated carbocycles. The average Bonchev–Trinajstić information content (AvgIpc) is 2.68. The summed E-state index contributed by atoms with van der Waals surface area (Å²) < 4.78 is 0. The van der Waals surface area contributed by atoms with Crippen molar-refractivity contribution in [2.75, 3.05) is 13.6 Å². The SMILES string of the molecule is CNCC(Cc1cccc(Cl)c1)Cc1nc(C)c(C)s1. The van der Waals surface area contributed by atoms with E-state index in [-0.39, 0.29) is 0 Å². The summed E-state index contributed by atoms with van der Waals surface area (Å²) in [6.07, 6.45) is 2.05. The topological polar surface area (TPSA) is 24.9 Å². The van der Waals surface area contributed by atoms with Gasteiger partial charge in [0.05, 0.1) is 10.7 Å². The second kappa shape index (κ2) is 7.21. The van der Waals surface area contributed by atoms with E-state index in [1.165, 1.54) is 15.4 Å². The summed E-state index contributed by atoms with van der Waals surface area (Å²) in [4.78, 5) is 5.98. The second-order valence-corrected chi connectivity index (χ2v) is 6.94. The Balaban J connectivity index is 2.06. The van der Waals surface area contributed by atoms with Gasteiger partial charge in [-0.3, -0.25) is 0 Å². The van der Waals surface area contributed by atoms with Gasteiger partial charge in [-0.25, -0.2) is 4.98 Å². The van der Waals surface area contributed by atoms with E-state index in [2.05, 4.69) is 36.3 Å². The molecule has 0 radical (unpaired) electrons. The molecule has 108 valence electrons. The van der Waals surface area contributed by atoms with E-state index in [4.69, 9.17) is 11.6 Å². The zero-order valence-electron chi connectivity index (χ0n) is 12.2. The van der Waals surface area contributed by atoms with Gasteiger partial charge in [0.15, 0.2) is 0 Å². The molecule has 1 heterocycles. The molecule has 4 heteroatoms. The molecule has 0 fully saturated rings. The molecule has 0 saturated heterocycles. The third kappa shape index (κ3) is 4.30. The highest BCUT2D eigenvalue weighted by Gasteiger charge is 2.13. The lowest BCUT2D eigenvalue weighted by Gasteiger charge is -2.15. The third-order valence-electron chi connectivity index (χ3n) is 3.44. The molecule has 2 nitrogen and oxygen atoms in total. The van der Waals surface area contributed by atoms with Crippen LogP contribution in [0.5, 0.6) is 0 Å². The molecule has 0 aliphatic carbocycles. The summed E-state index contributed by atoms with van der Waals surface area (Å²) >= 11 is 7.88. The first-order valence-electron chi connectivity index (χ1n) is 6.90. The Morgan fingerprint density at radius 3 is 2.70 bits per heavy atom. The van der Waals surface area contributed by atoms with Crippen molar-refractivity contribution in [1.29, 1.82) is 0 Å². The number of nitrogens with one attached hydrogen (secondary N) is 1. The van der Waals surface area contributed by atoms with E-state index in [0.717, 1.165) is 30.1 Å². The van der Waals surface area contributed by atoms with Gasteiger partial charge in [-0.15, -0.1) is 11.3 Å². The first-order valence-corrected chi connectivity index (χ1v) is 8.10. The van der Waals surface area contributed by atoms with Gasteiger partial charge in [-0.05, 0) is 57.5 Å². The van der Waals surface area contributed by atoms with Gasteiger partial charge in [0.25, 0.3) is 0 Å². The number of benzene rings is 1. The summed E-state index contributed by atoms with van der Waals surface area (Å²) in [7, 11) is 2.00. The number of hydrogen-bond donors (Lipinski definition) is 1. The Labute approximate surface area is 130 Å². The zero-order chi connectivity index (χ0) is 14.5. The van der Waals surface area contributed by atoms with Crippen molar-refractivity contribution in [3.63, 3.8) is 0 Å². The fourth-order valence-corrected chi connectivity index (χ4v) is 3.64. The van der Waals surface area contributed by atoms with Crippen LogP contribution < -0.4 is 5.32 Å². The van der Waals surface area contributed by atoms with E-state index in [9.17, 15) is 0 Å². The quantitative estimate of drug-likeness (QED) is 0.871. The predicted octanol–water partition coefficient (Wildman–Crippen LogP) is 4.03. The third-order valence-corrected chi connectivity index (χ3v) is 4.77. The van der Waals surface area contributed by atoms with Gasteiger partial charge in [0.2, 0.25) is 0 Å². The number of halogens is 1. The molecule has 1 N–H and O–H groups in total. The largest absolute Gasteiger partial charge is 0.319 e. The molecule has 0 bridgehead atoms. The minimum Gasteiger partial charge on any atom is -0.319 e. The van der Waals surface area contributed by atoms with Crippen molar-refractivity contribution in [3.8, 4) is 0 Å². The van der Waals surface area contributed by atoms with Gasteiger partial charge in [-0.2, -0.15) is 0 Å². The molecule has 1 unspecified atom stereocenters. The molecular weight excluding hydrogens is 288 g/mol. The van der Waals surface area contributed by atoms with Crippen molar-refractivity contribution in [1.82, 2.24) is 10.3 Å². The smallest absolute Gasteiger partial charge is 0.0934 e. The van der Waals surface area contributed by atoms with Gasteiger partial charge < -0.3 is 5.32 Å². The van der Waals surface area contributed by atoms with Crippen LogP contribution in [0.25, 0.3) is 0 Å². The molecule has 0 amide bonds. The van der Waals surface area contributed by atoms with Crippen LogP contribution in [-0.2, 0) is 12.8 Å². The number of thiazole rings is 1. The van der Waals surface area contributed by atoms with Crippen LogP contribution in [-0.4, -0.2) is 18.6 Å². The predicted molar refractivity (Wildman–Crippen MR) is 87.9 cm³/mol. The van der Waals surface area contributed by atoms with Crippen LogP contribution in [0, 0.1) is 19.8 Å². The summed E-state index contributed by atoms with van der Waals surface area (Å²) in [5.41, 5.74) is 2.46. The van der Waals surface area contributed by atoms with E-state index in [1.54, 1.807) is 0 Å². The van der Waals surface area contributed by atoms with Gasteiger partial charge in [0, 0.05) is 16.3 Å². The van der Waals surface area contributed by atoms with Gasteiger partial charge in [-0.1, -0.05) is 23.7 Å². The Kier molecular flexibility index (Phi) is 5.58. The second-order valence-electron chi connectivity index (χ2n) is 5.21. The van der Waals surface area contributed by atoms with Crippen LogP contribution >= 0.6 is 22.9 Å². The number of hydrogen-bond acceptors (Lipinski definition) is 3. The van der Waals surface area contributed by atoms with Crippen LogP contribution in [0.2, 0.25) is 5.02 Å². The first-order chi connectivity index (χ1) is 9.58. The normalized spacial score (nSPS) is 12.6. The number of aromatic nitrogens is 1. The number of aryl methyl sites for hydroxylation is 2. The highest BCUT2D eigenvalue weighted by Crippen LogP contribution is 2.22. The Hall–Kier alpha value is -0.900. The summed E-state index contributed by atoms with van der Waals surface area (Å²) in [6.45, 7) is 5.21. The summed E-state index contributed by atoms with van der Waals surface area (Å²) in [6, 6.07) is 8.15. The molecular formula is C16H21ClN2S. The molecule has 1 aromatic carbocycles. The maximum atomic E-state index is 6.06. The monoisotopic (exact) mass is 308 g/mol. The highest BCUT2D eigenvalue weighted by molar-refractivity contribution is 7.11. The van der Waals surface area contributed by atoms with Crippen molar-refractivity contribution >= 4 is 22.9 Å². The van der Waals surface area contributed by atoms with E-state index < -0.39 is 0 Å². The lowest BCUT2D eigenvalue weighted by molar-refractivity contribution is 0.492. The molecule has 2 rings (SSSR count). The van der Waals surface area contributed by atoms with Crippen molar-refractivity contribution in [3.05, 3.63) is 50.4 Å². The minimum absolute atomic E-state index is 0.545. The summed E-state index contributed by atoms with van der Waals surface area (Å²) in [5.74, 6) is 0.545. The summed E-state index contributed by atoms with van der Waals surface area (Å²) in [5, 5.41) is 5.34. The maximum absolute atomic E-state index is 6.06. The Morgan fingerprint density at radius 1 is 1.30 bits per heavy atom. The molecule has 0 aliphatic heterocycles. The maximum Gasteiger partial charge on any atom is 0.0934 e. The Bertz CT molecular complexity index is 546. The molecule has 2 aromatic rings. The lowest BCUT2D eigenvalue weighted by atomic mass is 9.96. The minimum atomic E-state index is 0.545. The average molecular weight is 309 g/mol. The molecule has 20 heavy (non-hydrogen) atoms. The lowest BCUT2D eigenvalue weighted by Crippen LogP contribution is -2.22. The number of nitrogens with zero attached hydrogens (tertiary/aromatic N) is 1. The van der Waals surface area contributed by atoms with Crippen LogP contribution in [0.15, 0.2) is 24.3 Å². The van der Waals surface area contributed by atoms with E-state index in [1.807, 2.05) is 30.5 Å². The first kappa shape index (κ1) is 15.5. The van der Waals surface area contributed by atoms with E-state index >= 15 is 0 Å². The van der Waals surface area contributed by atoms with Crippen LogP contribution in [0.3, 0.4) is 0 Å². The standard InChI is InChI=1S/C16H21ClN2S/c1-11-12(2)20-16(19-11)9-14(10-18-3)7-13-5-4-6-15(17)8-13/h4-6,8,14,18H,7,9-10H2,1-3H3. The van der Waals surface area contributed by atoms with Crippen LogP contribution in [0.1, 0.15) is 21.1 Å². The Morgan fingerprint density at radius 2 is 2.10 bits per heavy atom. The fourth-order valence-electron chi connectivity index (χ4n) is 2.38. The van der Waals surface area contributed by atoms with Gasteiger partial charge in [0.1, 0.15) is 0 Å². The molecule has 0 aliphatic rings. The van der Waals surface area contributed by atoms with E-state index in [0.29, 0.717) is 5.92 Å². The highest BCUT2D eigenvalue weighted by atomic mass is 35.5. The van der Waals surface area contributed by atoms with Gasteiger partial charge >= 0.3 is 0 Å². The molecule has 0 spiro atoms. The van der Waals surface area contributed by atoms with Crippen molar-refractivity contribution in [2.24, 2.45) is 5.92 Å². The zero-order valence-corrected chi connectivity index (χ0v) is 13.8. The molecule has 1 aromatic heterocycles. The molecule has 1 atom stereocenters. The van der Waals surface area contributed by atoms with Crippen molar-refractivity contribution < 1.29 is 0 Å². The van der Waals surface area contributed by atoms with Crippen molar-refractivity contribution in [2.45, 2.75) is 26.7 Å². The number of rotatable bonds is 6.